The number of anilines is 1. The van der Waals surface area contributed by atoms with Crippen molar-refractivity contribution in [1.29, 1.82) is 0 Å². The van der Waals surface area contributed by atoms with Gasteiger partial charge in [-0.25, -0.2) is 14.6 Å². The van der Waals surface area contributed by atoms with Crippen molar-refractivity contribution in [3.8, 4) is 5.69 Å². The average Bonchev–Trinajstić information content (AvgIpc) is 2.93. The molecule has 1 atom stereocenters. The number of para-hydroxylation sites is 1. The summed E-state index contributed by atoms with van der Waals surface area (Å²) in [7, 11) is 0. The highest BCUT2D eigenvalue weighted by molar-refractivity contribution is 5.87. The van der Waals surface area contributed by atoms with Crippen LogP contribution in [0.1, 0.15) is 6.92 Å². The van der Waals surface area contributed by atoms with E-state index in [0.717, 1.165) is 22.5 Å². The first kappa shape index (κ1) is 12.6. The van der Waals surface area contributed by atoms with Crippen LogP contribution in [-0.4, -0.2) is 32.3 Å². The van der Waals surface area contributed by atoms with Crippen molar-refractivity contribution < 1.29 is 0 Å². The molecule has 0 saturated heterocycles. The maximum absolute atomic E-state index is 5.63. The molecule has 2 heterocycles. The summed E-state index contributed by atoms with van der Waals surface area (Å²) in [6, 6.07) is 10.0. The van der Waals surface area contributed by atoms with E-state index in [0.29, 0.717) is 6.54 Å². The first-order valence-electron chi connectivity index (χ1n) is 6.50. The number of nitrogens with one attached hydrogen (secondary N) is 1. The lowest BCUT2D eigenvalue weighted by molar-refractivity contribution is 0.799. The fourth-order valence-electron chi connectivity index (χ4n) is 2.01. The fourth-order valence-corrected chi connectivity index (χ4v) is 2.01. The first-order chi connectivity index (χ1) is 9.79. The Labute approximate surface area is 116 Å². The highest BCUT2D eigenvalue weighted by Gasteiger charge is 2.11. The van der Waals surface area contributed by atoms with Crippen molar-refractivity contribution in [2.45, 2.75) is 13.0 Å². The first-order valence-corrected chi connectivity index (χ1v) is 6.50. The summed E-state index contributed by atoms with van der Waals surface area (Å²) in [5, 5.41) is 8.56. The predicted molar refractivity (Wildman–Crippen MR) is 78.8 cm³/mol. The molecule has 6 nitrogen and oxygen atoms in total. The second-order valence-electron chi connectivity index (χ2n) is 4.63. The number of benzene rings is 1. The number of hydrogen-bond acceptors (Lipinski definition) is 5. The van der Waals surface area contributed by atoms with E-state index in [9.17, 15) is 0 Å². The molecule has 3 aromatic rings. The van der Waals surface area contributed by atoms with Crippen LogP contribution in [0, 0.1) is 0 Å². The highest BCUT2D eigenvalue weighted by Crippen LogP contribution is 2.21. The lowest BCUT2D eigenvalue weighted by Gasteiger charge is -2.12. The second-order valence-corrected chi connectivity index (χ2v) is 4.63. The minimum Gasteiger partial charge on any atom is -0.366 e. The fraction of sp³-hybridized carbons (Fsp3) is 0.214. The molecule has 2 aromatic heterocycles. The van der Waals surface area contributed by atoms with Gasteiger partial charge < -0.3 is 11.1 Å². The van der Waals surface area contributed by atoms with Crippen molar-refractivity contribution >= 4 is 16.9 Å². The lowest BCUT2D eigenvalue weighted by Crippen LogP contribution is -2.25. The molecule has 0 radical (unpaired) electrons. The summed E-state index contributed by atoms with van der Waals surface area (Å²) in [4.78, 5) is 8.60. The number of nitrogens with two attached hydrogens (primary N) is 1. The number of aromatic nitrogens is 4. The third-order valence-corrected chi connectivity index (χ3v) is 3.10. The van der Waals surface area contributed by atoms with Gasteiger partial charge in [0.05, 0.1) is 17.3 Å². The molecule has 0 saturated carbocycles. The molecule has 3 rings (SSSR count). The summed E-state index contributed by atoms with van der Waals surface area (Å²) in [6.45, 7) is 2.55. The zero-order valence-corrected chi connectivity index (χ0v) is 11.2. The third kappa shape index (κ3) is 2.21. The van der Waals surface area contributed by atoms with E-state index >= 15 is 0 Å². The van der Waals surface area contributed by atoms with Gasteiger partial charge in [-0.1, -0.05) is 18.2 Å². The van der Waals surface area contributed by atoms with Crippen LogP contribution in [0.3, 0.4) is 0 Å². The van der Waals surface area contributed by atoms with Gasteiger partial charge in [0.2, 0.25) is 0 Å². The number of rotatable bonds is 4. The monoisotopic (exact) mass is 268 g/mol. The van der Waals surface area contributed by atoms with E-state index in [1.54, 1.807) is 10.9 Å². The molecule has 0 bridgehead atoms. The summed E-state index contributed by atoms with van der Waals surface area (Å²) in [5.41, 5.74) is 7.38. The molecule has 1 unspecified atom stereocenters. The van der Waals surface area contributed by atoms with Gasteiger partial charge in [-0.05, 0) is 19.1 Å². The predicted octanol–water partition coefficient (Wildman–Crippen LogP) is 1.57. The van der Waals surface area contributed by atoms with Gasteiger partial charge in [-0.15, -0.1) is 0 Å². The van der Waals surface area contributed by atoms with Crippen molar-refractivity contribution in [3.63, 3.8) is 0 Å². The minimum atomic E-state index is 0.146. The summed E-state index contributed by atoms with van der Waals surface area (Å²) in [5.74, 6) is 0.759. The molecule has 6 heteroatoms. The van der Waals surface area contributed by atoms with Gasteiger partial charge in [0.1, 0.15) is 12.1 Å². The van der Waals surface area contributed by atoms with Crippen LogP contribution >= 0.6 is 0 Å². The normalized spacial score (nSPS) is 12.5. The van der Waals surface area contributed by atoms with Crippen LogP contribution in [0.25, 0.3) is 16.7 Å². The standard InChI is InChI=1S/C14H16N6/c1-10(7-15)19-13-12-8-18-20(14(12)17-9-16-13)11-5-3-2-4-6-11/h2-6,8-10H,7,15H2,1H3,(H,16,17,19). The maximum Gasteiger partial charge on any atom is 0.168 e. The molecule has 0 aliphatic carbocycles. The molecule has 0 aliphatic rings. The highest BCUT2D eigenvalue weighted by atomic mass is 15.3. The van der Waals surface area contributed by atoms with Crippen molar-refractivity contribution in [2.24, 2.45) is 5.73 Å². The molecule has 3 N–H and O–H groups in total. The summed E-state index contributed by atoms with van der Waals surface area (Å²) < 4.78 is 1.80. The average molecular weight is 268 g/mol. The van der Waals surface area contributed by atoms with Gasteiger partial charge in [-0.2, -0.15) is 5.10 Å². The van der Waals surface area contributed by atoms with E-state index < -0.39 is 0 Å². The maximum atomic E-state index is 5.63. The number of fused-ring (bicyclic) bond motifs is 1. The Morgan fingerprint density at radius 2 is 2.05 bits per heavy atom. The Hall–Kier alpha value is -2.47. The Balaban J connectivity index is 2.08. The van der Waals surface area contributed by atoms with E-state index in [2.05, 4.69) is 20.4 Å². The van der Waals surface area contributed by atoms with Gasteiger partial charge >= 0.3 is 0 Å². The third-order valence-electron chi connectivity index (χ3n) is 3.10. The molecule has 0 aliphatic heterocycles. The Morgan fingerprint density at radius 3 is 2.80 bits per heavy atom. The van der Waals surface area contributed by atoms with Crippen LogP contribution in [0.15, 0.2) is 42.9 Å². The summed E-state index contributed by atoms with van der Waals surface area (Å²) >= 11 is 0. The van der Waals surface area contributed by atoms with Crippen molar-refractivity contribution in [1.82, 2.24) is 19.7 Å². The number of hydrogen-bond donors (Lipinski definition) is 2. The Kier molecular flexibility index (Phi) is 3.30. The van der Waals surface area contributed by atoms with E-state index in [-0.39, 0.29) is 6.04 Å². The van der Waals surface area contributed by atoms with E-state index in [1.807, 2.05) is 37.3 Å². The van der Waals surface area contributed by atoms with Crippen LogP contribution in [0.2, 0.25) is 0 Å². The number of nitrogens with zero attached hydrogens (tertiary/aromatic N) is 4. The molecule has 0 spiro atoms. The van der Waals surface area contributed by atoms with Crippen LogP contribution in [-0.2, 0) is 0 Å². The van der Waals surface area contributed by atoms with Crippen molar-refractivity contribution in [3.05, 3.63) is 42.9 Å². The lowest BCUT2D eigenvalue weighted by atomic mass is 10.3. The van der Waals surface area contributed by atoms with E-state index in [1.165, 1.54) is 6.33 Å². The Bertz CT molecular complexity index is 706. The second kappa shape index (κ2) is 5.26. The Morgan fingerprint density at radius 1 is 1.25 bits per heavy atom. The van der Waals surface area contributed by atoms with Gasteiger partial charge in [0, 0.05) is 12.6 Å². The van der Waals surface area contributed by atoms with E-state index in [4.69, 9.17) is 5.73 Å². The minimum absolute atomic E-state index is 0.146. The van der Waals surface area contributed by atoms with Crippen LogP contribution < -0.4 is 11.1 Å². The SMILES string of the molecule is CC(CN)Nc1ncnc2c1cnn2-c1ccccc1. The summed E-state index contributed by atoms with van der Waals surface area (Å²) in [6.07, 6.45) is 3.31. The van der Waals surface area contributed by atoms with Crippen LogP contribution in [0.5, 0.6) is 0 Å². The van der Waals surface area contributed by atoms with Gasteiger partial charge in [-0.3, -0.25) is 0 Å². The zero-order chi connectivity index (χ0) is 13.9. The van der Waals surface area contributed by atoms with Crippen molar-refractivity contribution in [2.75, 3.05) is 11.9 Å². The smallest absolute Gasteiger partial charge is 0.168 e. The molecular weight excluding hydrogens is 252 g/mol. The topological polar surface area (TPSA) is 81.7 Å². The van der Waals surface area contributed by atoms with Gasteiger partial charge in [0.25, 0.3) is 0 Å². The molecule has 20 heavy (non-hydrogen) atoms. The van der Waals surface area contributed by atoms with Crippen LogP contribution in [0.4, 0.5) is 5.82 Å². The quantitative estimate of drug-likeness (QED) is 0.750. The molecule has 0 amide bonds. The zero-order valence-electron chi connectivity index (χ0n) is 11.2. The molecule has 0 fully saturated rings. The largest absolute Gasteiger partial charge is 0.366 e. The molecular formula is C14H16N6. The molecule has 1 aromatic carbocycles. The van der Waals surface area contributed by atoms with Gasteiger partial charge in [0.15, 0.2) is 5.65 Å². The molecule has 102 valence electrons.